The number of para-hydroxylation sites is 1. The van der Waals surface area contributed by atoms with Crippen molar-refractivity contribution in [2.45, 2.75) is 40.2 Å². The van der Waals surface area contributed by atoms with Gasteiger partial charge in [0.25, 0.3) is 5.91 Å². The largest absolute Gasteiger partial charge is 0.453 e. The second kappa shape index (κ2) is 6.50. The van der Waals surface area contributed by atoms with Gasteiger partial charge in [-0.05, 0) is 24.5 Å². The fraction of sp³-hybridized carbons (Fsp3) is 0.467. The van der Waals surface area contributed by atoms with E-state index in [0.717, 1.165) is 0 Å². The Morgan fingerprint density at radius 3 is 2.45 bits per heavy atom. The van der Waals surface area contributed by atoms with E-state index in [1.54, 1.807) is 6.07 Å². The highest BCUT2D eigenvalue weighted by Crippen LogP contribution is 2.19. The van der Waals surface area contributed by atoms with Gasteiger partial charge in [0.15, 0.2) is 6.10 Å². The fourth-order valence-electron chi connectivity index (χ4n) is 1.52. The summed E-state index contributed by atoms with van der Waals surface area (Å²) in [4.78, 5) is 23.4. The fourth-order valence-corrected chi connectivity index (χ4v) is 1.52. The Balaban J connectivity index is 2.56. The quantitative estimate of drug-likeness (QED) is 0.863. The van der Waals surface area contributed by atoms with Gasteiger partial charge < -0.3 is 10.1 Å². The standard InChI is InChI=1S/C15H20FNO3/c1-10(20-13(18)9-15(2,3)4)14(19)17-12-8-6-5-7-11(12)16/h5-8,10H,9H2,1-4H3,(H,17,19). The molecule has 0 spiro atoms. The lowest BCUT2D eigenvalue weighted by molar-refractivity contribution is -0.154. The lowest BCUT2D eigenvalue weighted by atomic mass is 9.92. The predicted octanol–water partition coefficient (Wildman–Crippen LogP) is 3.13. The second-order valence-corrected chi connectivity index (χ2v) is 5.84. The van der Waals surface area contributed by atoms with Crippen LogP contribution in [0.1, 0.15) is 34.1 Å². The van der Waals surface area contributed by atoms with E-state index in [4.69, 9.17) is 4.74 Å². The van der Waals surface area contributed by atoms with Crippen LogP contribution in [0.2, 0.25) is 0 Å². The van der Waals surface area contributed by atoms with Gasteiger partial charge in [0, 0.05) is 0 Å². The van der Waals surface area contributed by atoms with E-state index in [1.807, 2.05) is 20.8 Å². The molecule has 0 radical (unpaired) electrons. The number of benzene rings is 1. The van der Waals surface area contributed by atoms with Crippen LogP contribution in [0, 0.1) is 11.2 Å². The Bertz CT molecular complexity index is 494. The van der Waals surface area contributed by atoms with E-state index in [2.05, 4.69) is 5.32 Å². The maximum absolute atomic E-state index is 13.4. The molecule has 1 amide bonds. The van der Waals surface area contributed by atoms with Crippen molar-refractivity contribution in [2.24, 2.45) is 5.41 Å². The van der Waals surface area contributed by atoms with Crippen LogP contribution in [0.15, 0.2) is 24.3 Å². The monoisotopic (exact) mass is 281 g/mol. The van der Waals surface area contributed by atoms with Crippen LogP contribution < -0.4 is 5.32 Å². The normalized spacial score (nSPS) is 12.7. The van der Waals surface area contributed by atoms with Crippen LogP contribution in [0.5, 0.6) is 0 Å². The van der Waals surface area contributed by atoms with Crippen LogP contribution in [-0.2, 0) is 14.3 Å². The highest BCUT2D eigenvalue weighted by Gasteiger charge is 2.22. The highest BCUT2D eigenvalue weighted by molar-refractivity contribution is 5.95. The molecule has 20 heavy (non-hydrogen) atoms. The number of halogens is 1. The number of carbonyl (C=O) groups is 2. The third kappa shape index (κ3) is 5.38. The first-order chi connectivity index (χ1) is 9.19. The molecule has 0 aliphatic heterocycles. The predicted molar refractivity (Wildman–Crippen MR) is 74.7 cm³/mol. The van der Waals surface area contributed by atoms with Gasteiger partial charge in [-0.1, -0.05) is 32.9 Å². The van der Waals surface area contributed by atoms with Crippen LogP contribution in [0.4, 0.5) is 10.1 Å². The Morgan fingerprint density at radius 2 is 1.90 bits per heavy atom. The van der Waals surface area contributed by atoms with E-state index in [-0.39, 0.29) is 17.5 Å². The number of hydrogen-bond donors (Lipinski definition) is 1. The van der Waals surface area contributed by atoms with Crippen molar-refractivity contribution in [1.29, 1.82) is 0 Å². The summed E-state index contributed by atoms with van der Waals surface area (Å²) in [6, 6.07) is 5.82. The molecule has 4 nitrogen and oxygen atoms in total. The van der Waals surface area contributed by atoms with Crippen molar-refractivity contribution >= 4 is 17.6 Å². The zero-order valence-corrected chi connectivity index (χ0v) is 12.2. The van der Waals surface area contributed by atoms with Crippen molar-refractivity contribution < 1.29 is 18.7 Å². The van der Waals surface area contributed by atoms with Gasteiger partial charge in [0.05, 0.1) is 12.1 Å². The number of nitrogens with one attached hydrogen (secondary N) is 1. The average Bonchev–Trinajstić information content (AvgIpc) is 2.29. The molecular formula is C15H20FNO3. The Labute approximate surface area is 118 Å². The summed E-state index contributed by atoms with van der Waals surface area (Å²) >= 11 is 0. The molecule has 5 heteroatoms. The zero-order chi connectivity index (χ0) is 15.3. The van der Waals surface area contributed by atoms with Crippen LogP contribution in [0.3, 0.4) is 0 Å². The summed E-state index contributed by atoms with van der Waals surface area (Å²) in [5.74, 6) is -1.54. The summed E-state index contributed by atoms with van der Waals surface area (Å²) in [6.07, 6.45) is -0.755. The van der Waals surface area contributed by atoms with Gasteiger partial charge in [-0.25, -0.2) is 4.39 Å². The topological polar surface area (TPSA) is 55.4 Å². The number of carbonyl (C=O) groups excluding carboxylic acids is 2. The Morgan fingerprint density at radius 1 is 1.30 bits per heavy atom. The molecule has 1 atom stereocenters. The molecule has 0 saturated heterocycles. The molecule has 0 heterocycles. The van der Waals surface area contributed by atoms with Gasteiger partial charge in [-0.15, -0.1) is 0 Å². The molecule has 0 aliphatic carbocycles. The maximum atomic E-state index is 13.4. The summed E-state index contributed by atoms with van der Waals surface area (Å²) in [5.41, 5.74) is -0.144. The molecule has 1 aromatic carbocycles. The Kier molecular flexibility index (Phi) is 5.25. The SMILES string of the molecule is CC(OC(=O)CC(C)(C)C)C(=O)Nc1ccccc1F. The smallest absolute Gasteiger partial charge is 0.307 e. The molecule has 0 bridgehead atoms. The van der Waals surface area contributed by atoms with Gasteiger partial charge >= 0.3 is 5.97 Å². The summed E-state index contributed by atoms with van der Waals surface area (Å²) in [6.45, 7) is 7.16. The van der Waals surface area contributed by atoms with Gasteiger partial charge in [-0.2, -0.15) is 0 Å². The minimum Gasteiger partial charge on any atom is -0.453 e. The number of hydrogen-bond acceptors (Lipinski definition) is 3. The summed E-state index contributed by atoms with van der Waals surface area (Å²) in [7, 11) is 0. The molecule has 0 fully saturated rings. The molecule has 0 saturated carbocycles. The minimum absolute atomic E-state index is 0.0659. The Hall–Kier alpha value is -1.91. The van der Waals surface area contributed by atoms with Crippen molar-refractivity contribution in [3.05, 3.63) is 30.1 Å². The number of anilines is 1. The van der Waals surface area contributed by atoms with Crippen LogP contribution >= 0.6 is 0 Å². The first-order valence-electron chi connectivity index (χ1n) is 6.44. The summed E-state index contributed by atoms with van der Waals surface area (Å²) in [5, 5.41) is 2.39. The first kappa shape index (κ1) is 16.1. The van der Waals surface area contributed by atoms with Crippen molar-refractivity contribution in [3.63, 3.8) is 0 Å². The van der Waals surface area contributed by atoms with E-state index < -0.39 is 23.8 Å². The van der Waals surface area contributed by atoms with Crippen molar-refractivity contribution in [1.82, 2.24) is 0 Å². The third-order valence-electron chi connectivity index (χ3n) is 2.48. The number of amides is 1. The lowest BCUT2D eigenvalue weighted by Gasteiger charge is -2.19. The number of esters is 1. The molecule has 110 valence electrons. The second-order valence-electron chi connectivity index (χ2n) is 5.84. The number of rotatable bonds is 4. The lowest BCUT2D eigenvalue weighted by Crippen LogP contribution is -2.31. The first-order valence-corrected chi connectivity index (χ1v) is 6.44. The van der Waals surface area contributed by atoms with E-state index in [0.29, 0.717) is 0 Å². The average molecular weight is 281 g/mol. The molecular weight excluding hydrogens is 261 g/mol. The van der Waals surface area contributed by atoms with Crippen molar-refractivity contribution in [3.8, 4) is 0 Å². The summed E-state index contributed by atoms with van der Waals surface area (Å²) < 4.78 is 18.4. The highest BCUT2D eigenvalue weighted by atomic mass is 19.1. The zero-order valence-electron chi connectivity index (χ0n) is 12.2. The van der Waals surface area contributed by atoms with Crippen molar-refractivity contribution in [2.75, 3.05) is 5.32 Å². The van der Waals surface area contributed by atoms with Crippen LogP contribution in [-0.4, -0.2) is 18.0 Å². The molecule has 1 unspecified atom stereocenters. The molecule has 0 aromatic heterocycles. The molecule has 1 aromatic rings. The van der Waals surface area contributed by atoms with E-state index in [9.17, 15) is 14.0 Å². The third-order valence-corrected chi connectivity index (χ3v) is 2.48. The molecule has 0 aliphatic rings. The van der Waals surface area contributed by atoms with Crippen LogP contribution in [0.25, 0.3) is 0 Å². The number of ether oxygens (including phenoxy) is 1. The molecule has 1 rings (SSSR count). The van der Waals surface area contributed by atoms with E-state index >= 15 is 0 Å². The van der Waals surface area contributed by atoms with Gasteiger partial charge in [-0.3, -0.25) is 9.59 Å². The maximum Gasteiger partial charge on any atom is 0.307 e. The van der Waals surface area contributed by atoms with E-state index in [1.165, 1.54) is 25.1 Å². The van der Waals surface area contributed by atoms with Gasteiger partial charge in [0.1, 0.15) is 5.82 Å². The minimum atomic E-state index is -0.968. The van der Waals surface area contributed by atoms with Gasteiger partial charge in [0.2, 0.25) is 0 Å². The molecule has 1 N–H and O–H groups in total.